The van der Waals surface area contributed by atoms with Crippen molar-refractivity contribution in [2.75, 3.05) is 19.5 Å². The van der Waals surface area contributed by atoms with Gasteiger partial charge in [0.25, 0.3) is 5.91 Å². The van der Waals surface area contributed by atoms with Crippen LogP contribution in [0.4, 0.5) is 10.1 Å². The van der Waals surface area contributed by atoms with Gasteiger partial charge in [0.15, 0.2) is 5.82 Å². The molecule has 0 spiro atoms. The van der Waals surface area contributed by atoms with Crippen molar-refractivity contribution in [2.45, 2.75) is 0 Å². The highest BCUT2D eigenvalue weighted by atomic mass is 35.5. The summed E-state index contributed by atoms with van der Waals surface area (Å²) in [5.41, 5.74) is 1.13. The Balaban J connectivity index is 1.83. The first-order chi connectivity index (χ1) is 13.0. The molecule has 0 unspecified atom stereocenters. The molecule has 1 amide bonds. The minimum absolute atomic E-state index is 0.228. The van der Waals surface area contributed by atoms with Crippen LogP contribution in [0.3, 0.4) is 0 Å². The Morgan fingerprint density at radius 1 is 1.07 bits per heavy atom. The Kier molecular flexibility index (Phi) is 5.52. The van der Waals surface area contributed by atoms with E-state index in [1.165, 1.54) is 38.7 Å². The molecule has 138 valence electrons. The Labute approximate surface area is 159 Å². The average molecular weight is 388 g/mol. The van der Waals surface area contributed by atoms with E-state index in [1.807, 2.05) is 0 Å². The van der Waals surface area contributed by atoms with Gasteiger partial charge in [0.1, 0.15) is 17.3 Å². The van der Waals surface area contributed by atoms with E-state index in [-0.39, 0.29) is 11.4 Å². The number of carbonyl (C=O) groups is 1. The SMILES string of the molecule is COc1cc(NC(=O)c2cnc(-c3cccc(F)c3)nc2)c(OC)cc1Cl. The highest BCUT2D eigenvalue weighted by Crippen LogP contribution is 2.36. The number of nitrogens with zero attached hydrogens (tertiary/aromatic N) is 2. The molecule has 0 saturated carbocycles. The van der Waals surface area contributed by atoms with Crippen LogP contribution in [0.25, 0.3) is 11.4 Å². The molecule has 6 nitrogen and oxygen atoms in total. The highest BCUT2D eigenvalue weighted by Gasteiger charge is 2.15. The molecule has 0 fully saturated rings. The maximum absolute atomic E-state index is 13.3. The van der Waals surface area contributed by atoms with Crippen LogP contribution >= 0.6 is 11.6 Å². The molecule has 0 saturated heterocycles. The van der Waals surface area contributed by atoms with Crippen LogP contribution < -0.4 is 14.8 Å². The number of methoxy groups -OCH3 is 2. The molecule has 3 aromatic rings. The predicted octanol–water partition coefficient (Wildman–Crippen LogP) is 4.21. The summed E-state index contributed by atoms with van der Waals surface area (Å²) >= 11 is 6.06. The normalized spacial score (nSPS) is 10.4. The lowest BCUT2D eigenvalue weighted by Crippen LogP contribution is -2.13. The summed E-state index contributed by atoms with van der Waals surface area (Å²) in [6.45, 7) is 0. The Morgan fingerprint density at radius 2 is 1.78 bits per heavy atom. The topological polar surface area (TPSA) is 73.3 Å². The minimum atomic E-state index is -0.441. The predicted molar refractivity (Wildman–Crippen MR) is 99.9 cm³/mol. The first kappa shape index (κ1) is 18.6. The van der Waals surface area contributed by atoms with Crippen LogP contribution in [0.15, 0.2) is 48.8 Å². The standard InChI is InChI=1S/C19H15ClFN3O3/c1-26-16-8-15(17(27-2)7-14(16)20)24-19(25)12-9-22-18(23-10-12)11-4-3-5-13(21)6-11/h3-10H,1-2H3,(H,24,25). The van der Waals surface area contributed by atoms with Crippen molar-refractivity contribution in [2.24, 2.45) is 0 Å². The number of hydrogen-bond donors (Lipinski definition) is 1. The van der Waals surface area contributed by atoms with Gasteiger partial charge >= 0.3 is 0 Å². The van der Waals surface area contributed by atoms with E-state index in [2.05, 4.69) is 15.3 Å². The molecular formula is C19H15ClFN3O3. The quantitative estimate of drug-likeness (QED) is 0.710. The van der Waals surface area contributed by atoms with Gasteiger partial charge in [-0.25, -0.2) is 14.4 Å². The molecule has 0 bridgehead atoms. The minimum Gasteiger partial charge on any atom is -0.495 e. The second-order valence-corrected chi connectivity index (χ2v) is 5.85. The van der Waals surface area contributed by atoms with Crippen LogP contribution in [0.1, 0.15) is 10.4 Å². The second kappa shape index (κ2) is 8.01. The Morgan fingerprint density at radius 3 is 2.41 bits per heavy atom. The molecule has 0 atom stereocenters. The van der Waals surface area contributed by atoms with Crippen molar-refractivity contribution in [1.82, 2.24) is 9.97 Å². The number of anilines is 1. The lowest BCUT2D eigenvalue weighted by atomic mass is 10.2. The summed E-state index contributed by atoms with van der Waals surface area (Å²) in [5.74, 6) is 0.263. The third-order valence-electron chi connectivity index (χ3n) is 3.72. The van der Waals surface area contributed by atoms with Gasteiger partial charge in [-0.1, -0.05) is 23.7 Å². The fraction of sp³-hybridized carbons (Fsp3) is 0.105. The number of rotatable bonds is 5. The maximum Gasteiger partial charge on any atom is 0.258 e. The Bertz CT molecular complexity index is 980. The molecule has 0 aliphatic carbocycles. The number of amides is 1. The van der Waals surface area contributed by atoms with Crippen LogP contribution in [0, 0.1) is 5.82 Å². The number of ether oxygens (including phenoxy) is 2. The Hall–Kier alpha value is -3.19. The molecule has 1 heterocycles. The summed E-state index contributed by atoms with van der Waals surface area (Å²) in [7, 11) is 2.93. The van der Waals surface area contributed by atoms with Crippen LogP contribution in [0.2, 0.25) is 5.02 Å². The van der Waals surface area contributed by atoms with Gasteiger partial charge in [-0.2, -0.15) is 0 Å². The van der Waals surface area contributed by atoms with Crippen molar-refractivity contribution in [3.8, 4) is 22.9 Å². The monoisotopic (exact) mass is 387 g/mol. The van der Waals surface area contributed by atoms with E-state index in [0.717, 1.165) is 0 Å². The lowest BCUT2D eigenvalue weighted by Gasteiger charge is -2.13. The first-order valence-corrected chi connectivity index (χ1v) is 8.20. The number of aromatic nitrogens is 2. The number of nitrogens with one attached hydrogen (secondary N) is 1. The van der Waals surface area contributed by atoms with Crippen LogP contribution in [-0.2, 0) is 0 Å². The second-order valence-electron chi connectivity index (χ2n) is 5.45. The van der Waals surface area contributed by atoms with Crippen molar-refractivity contribution < 1.29 is 18.7 Å². The number of carbonyl (C=O) groups excluding carboxylic acids is 1. The molecule has 1 aromatic heterocycles. The van der Waals surface area contributed by atoms with Gasteiger partial charge in [-0.05, 0) is 12.1 Å². The van der Waals surface area contributed by atoms with Crippen molar-refractivity contribution in [3.63, 3.8) is 0 Å². The van der Waals surface area contributed by atoms with E-state index in [1.54, 1.807) is 24.3 Å². The summed E-state index contributed by atoms with van der Waals surface area (Å²) < 4.78 is 23.7. The van der Waals surface area contributed by atoms with E-state index in [0.29, 0.717) is 33.6 Å². The smallest absolute Gasteiger partial charge is 0.258 e. The fourth-order valence-electron chi connectivity index (χ4n) is 2.37. The molecule has 0 radical (unpaired) electrons. The van der Waals surface area contributed by atoms with E-state index < -0.39 is 5.91 Å². The largest absolute Gasteiger partial charge is 0.495 e. The molecule has 1 N–H and O–H groups in total. The van der Waals surface area contributed by atoms with E-state index >= 15 is 0 Å². The van der Waals surface area contributed by atoms with Gasteiger partial charge in [0.05, 0.1) is 30.5 Å². The summed E-state index contributed by atoms with van der Waals surface area (Å²) in [4.78, 5) is 20.7. The zero-order valence-electron chi connectivity index (χ0n) is 14.5. The van der Waals surface area contributed by atoms with Gasteiger partial charge in [-0.15, -0.1) is 0 Å². The number of hydrogen-bond acceptors (Lipinski definition) is 5. The molecular weight excluding hydrogens is 373 g/mol. The van der Waals surface area contributed by atoms with Crippen molar-refractivity contribution in [1.29, 1.82) is 0 Å². The lowest BCUT2D eigenvalue weighted by molar-refractivity contribution is 0.102. The summed E-state index contributed by atoms with van der Waals surface area (Å²) in [6.07, 6.45) is 2.73. The third-order valence-corrected chi connectivity index (χ3v) is 4.01. The van der Waals surface area contributed by atoms with Gasteiger partial charge < -0.3 is 14.8 Å². The molecule has 0 aliphatic heterocycles. The maximum atomic E-state index is 13.3. The third kappa shape index (κ3) is 4.15. The zero-order valence-corrected chi connectivity index (χ0v) is 15.2. The zero-order chi connectivity index (χ0) is 19.4. The van der Waals surface area contributed by atoms with Gasteiger partial charge in [0, 0.05) is 30.1 Å². The molecule has 0 aliphatic rings. The molecule has 27 heavy (non-hydrogen) atoms. The highest BCUT2D eigenvalue weighted by molar-refractivity contribution is 6.32. The molecule has 8 heteroatoms. The average Bonchev–Trinajstić information content (AvgIpc) is 2.69. The van der Waals surface area contributed by atoms with Crippen LogP contribution in [-0.4, -0.2) is 30.1 Å². The number of halogens is 2. The van der Waals surface area contributed by atoms with Crippen LogP contribution in [0.5, 0.6) is 11.5 Å². The first-order valence-electron chi connectivity index (χ1n) is 7.82. The number of benzene rings is 2. The van der Waals surface area contributed by atoms with E-state index in [9.17, 15) is 9.18 Å². The molecule has 3 rings (SSSR count). The van der Waals surface area contributed by atoms with Gasteiger partial charge in [0.2, 0.25) is 0 Å². The summed E-state index contributed by atoms with van der Waals surface area (Å²) in [5, 5.41) is 3.06. The van der Waals surface area contributed by atoms with E-state index in [4.69, 9.17) is 21.1 Å². The summed E-state index contributed by atoms with van der Waals surface area (Å²) in [6, 6.07) is 9.00. The fourth-order valence-corrected chi connectivity index (χ4v) is 2.61. The van der Waals surface area contributed by atoms with Crippen molar-refractivity contribution in [3.05, 3.63) is 65.2 Å². The van der Waals surface area contributed by atoms with Crippen molar-refractivity contribution >= 4 is 23.2 Å². The van der Waals surface area contributed by atoms with Gasteiger partial charge in [-0.3, -0.25) is 4.79 Å². The molecule has 2 aromatic carbocycles.